The number of halogens is 3. The largest absolute Gasteiger partial charge is 0.493 e. The van der Waals surface area contributed by atoms with Gasteiger partial charge >= 0.3 is 6.18 Å². The van der Waals surface area contributed by atoms with Crippen LogP contribution in [0.15, 0.2) is 67.0 Å². The quantitative estimate of drug-likeness (QED) is 0.330. The third-order valence-electron chi connectivity index (χ3n) is 6.39. The summed E-state index contributed by atoms with van der Waals surface area (Å²) >= 11 is 0. The molecule has 1 aliphatic heterocycles. The van der Waals surface area contributed by atoms with Gasteiger partial charge in [-0.3, -0.25) is 9.88 Å². The average molecular weight is 507 g/mol. The molecule has 5 rings (SSSR count). The lowest BCUT2D eigenvalue weighted by Gasteiger charge is -2.28. The Bertz CT molecular complexity index is 1390. The van der Waals surface area contributed by atoms with Gasteiger partial charge < -0.3 is 9.47 Å². The molecule has 9 heteroatoms. The Balaban J connectivity index is 1.25. The highest BCUT2D eigenvalue weighted by Crippen LogP contribution is 2.32. The molecule has 190 valence electrons. The Morgan fingerprint density at radius 3 is 2.30 bits per heavy atom. The molecule has 0 bridgehead atoms. The maximum Gasteiger partial charge on any atom is 0.416 e. The number of benzene rings is 2. The van der Waals surface area contributed by atoms with Crippen molar-refractivity contribution >= 4 is 0 Å². The Labute approximate surface area is 212 Å². The Kier molecular flexibility index (Phi) is 6.80. The van der Waals surface area contributed by atoms with E-state index < -0.39 is 11.7 Å². The SMILES string of the molecule is COc1ccc(-c2ccc(CN3CCc4nc(-c5ccc(C(F)(F)F)cc5)ncc4C3)cn2)cc1OC. The Hall–Kier alpha value is -3.98. The van der Waals surface area contributed by atoms with Crippen molar-refractivity contribution in [2.75, 3.05) is 20.8 Å². The minimum Gasteiger partial charge on any atom is -0.493 e. The van der Waals surface area contributed by atoms with Crippen LogP contribution in [0.3, 0.4) is 0 Å². The summed E-state index contributed by atoms with van der Waals surface area (Å²) < 4.78 is 49.2. The van der Waals surface area contributed by atoms with Gasteiger partial charge in [0, 0.05) is 55.1 Å². The van der Waals surface area contributed by atoms with Crippen molar-refractivity contribution in [3.63, 3.8) is 0 Å². The van der Waals surface area contributed by atoms with E-state index >= 15 is 0 Å². The van der Waals surface area contributed by atoms with Crippen LogP contribution in [0.5, 0.6) is 11.5 Å². The Morgan fingerprint density at radius 1 is 0.865 bits per heavy atom. The number of aromatic nitrogens is 3. The summed E-state index contributed by atoms with van der Waals surface area (Å²) in [7, 11) is 3.21. The third-order valence-corrected chi connectivity index (χ3v) is 6.39. The van der Waals surface area contributed by atoms with E-state index in [1.165, 1.54) is 12.1 Å². The molecular weight excluding hydrogens is 481 g/mol. The third kappa shape index (κ3) is 5.41. The molecule has 3 heterocycles. The molecule has 1 aliphatic rings. The van der Waals surface area contributed by atoms with E-state index in [0.29, 0.717) is 29.4 Å². The number of alkyl halides is 3. The molecule has 0 saturated carbocycles. The summed E-state index contributed by atoms with van der Waals surface area (Å²) in [5.41, 5.74) is 4.72. The fourth-order valence-corrected chi connectivity index (χ4v) is 4.40. The van der Waals surface area contributed by atoms with Crippen molar-refractivity contribution in [1.82, 2.24) is 19.9 Å². The molecule has 0 aliphatic carbocycles. The van der Waals surface area contributed by atoms with Crippen LogP contribution in [-0.4, -0.2) is 40.6 Å². The second-order valence-electron chi connectivity index (χ2n) is 8.82. The van der Waals surface area contributed by atoms with Gasteiger partial charge in [-0.1, -0.05) is 18.2 Å². The molecule has 2 aromatic heterocycles. The fraction of sp³-hybridized carbons (Fsp3) is 0.250. The van der Waals surface area contributed by atoms with E-state index in [0.717, 1.165) is 59.7 Å². The van der Waals surface area contributed by atoms with Crippen molar-refractivity contribution in [2.24, 2.45) is 0 Å². The molecular formula is C28H25F3N4O2. The monoisotopic (exact) mass is 506 g/mol. The zero-order chi connectivity index (χ0) is 26.0. The topological polar surface area (TPSA) is 60.4 Å². The first kappa shape index (κ1) is 24.7. The lowest BCUT2D eigenvalue weighted by molar-refractivity contribution is -0.137. The van der Waals surface area contributed by atoms with E-state index in [2.05, 4.69) is 25.9 Å². The van der Waals surface area contributed by atoms with Gasteiger partial charge in [0.05, 0.1) is 31.2 Å². The fourth-order valence-electron chi connectivity index (χ4n) is 4.40. The number of methoxy groups -OCH3 is 2. The van der Waals surface area contributed by atoms with Crippen molar-refractivity contribution < 1.29 is 22.6 Å². The molecule has 0 amide bonds. The first-order chi connectivity index (χ1) is 17.8. The normalized spacial score (nSPS) is 13.8. The summed E-state index contributed by atoms with van der Waals surface area (Å²) in [6, 6.07) is 14.7. The first-order valence-electron chi connectivity index (χ1n) is 11.8. The number of pyridine rings is 1. The van der Waals surface area contributed by atoms with Crippen LogP contribution in [0.2, 0.25) is 0 Å². The van der Waals surface area contributed by atoms with Crippen LogP contribution in [0.4, 0.5) is 13.2 Å². The number of rotatable bonds is 6. The lowest BCUT2D eigenvalue weighted by Crippen LogP contribution is -2.31. The number of hydrogen-bond acceptors (Lipinski definition) is 6. The second kappa shape index (κ2) is 10.2. The molecule has 0 atom stereocenters. The summed E-state index contributed by atoms with van der Waals surface area (Å²) in [5.74, 6) is 1.76. The number of fused-ring (bicyclic) bond motifs is 1. The van der Waals surface area contributed by atoms with Crippen molar-refractivity contribution in [1.29, 1.82) is 0 Å². The molecule has 0 unspecified atom stereocenters. The van der Waals surface area contributed by atoms with Crippen molar-refractivity contribution in [2.45, 2.75) is 25.7 Å². The van der Waals surface area contributed by atoms with E-state index in [4.69, 9.17) is 9.47 Å². The minimum atomic E-state index is -4.36. The zero-order valence-electron chi connectivity index (χ0n) is 20.4. The van der Waals surface area contributed by atoms with Gasteiger partial charge in [0.25, 0.3) is 0 Å². The number of hydrogen-bond donors (Lipinski definition) is 0. The Morgan fingerprint density at radius 2 is 1.62 bits per heavy atom. The summed E-state index contributed by atoms with van der Waals surface area (Å²) in [6.45, 7) is 2.24. The molecule has 6 nitrogen and oxygen atoms in total. The lowest BCUT2D eigenvalue weighted by atomic mass is 10.1. The first-order valence-corrected chi connectivity index (χ1v) is 11.8. The van der Waals surface area contributed by atoms with Crippen LogP contribution < -0.4 is 9.47 Å². The van der Waals surface area contributed by atoms with Gasteiger partial charge in [-0.05, 0) is 42.0 Å². The van der Waals surface area contributed by atoms with Crippen molar-refractivity contribution in [3.8, 4) is 34.1 Å². The molecule has 0 saturated heterocycles. The predicted octanol–water partition coefficient (Wildman–Crippen LogP) is 5.80. The molecule has 0 radical (unpaired) electrons. The summed E-state index contributed by atoms with van der Waals surface area (Å²) in [5, 5.41) is 0. The highest BCUT2D eigenvalue weighted by Gasteiger charge is 2.30. The highest BCUT2D eigenvalue weighted by molar-refractivity contribution is 5.64. The maximum atomic E-state index is 12.8. The maximum absolute atomic E-state index is 12.8. The predicted molar refractivity (Wildman–Crippen MR) is 133 cm³/mol. The summed E-state index contributed by atoms with van der Waals surface area (Å²) in [6.07, 6.45) is 0.0338. The second-order valence-corrected chi connectivity index (χ2v) is 8.82. The summed E-state index contributed by atoms with van der Waals surface area (Å²) in [4.78, 5) is 16.0. The zero-order valence-corrected chi connectivity index (χ0v) is 20.4. The average Bonchev–Trinajstić information content (AvgIpc) is 2.92. The standard InChI is InChI=1S/C28H25F3N4O2/c1-36-25-10-6-20(13-26(25)37-2)23-9-3-18(14-32-23)16-35-12-11-24-21(17-35)15-33-27(34-24)19-4-7-22(8-5-19)28(29,30)31/h3-10,13-15H,11-12,16-17H2,1-2H3. The highest BCUT2D eigenvalue weighted by atomic mass is 19.4. The van der Waals surface area contributed by atoms with Gasteiger partial charge in [-0.15, -0.1) is 0 Å². The van der Waals surface area contributed by atoms with Crippen molar-refractivity contribution in [3.05, 3.63) is 89.4 Å². The smallest absolute Gasteiger partial charge is 0.416 e. The molecule has 2 aromatic carbocycles. The molecule has 0 spiro atoms. The van der Waals surface area contributed by atoms with Crippen LogP contribution >= 0.6 is 0 Å². The van der Waals surface area contributed by atoms with Crippen LogP contribution in [0.1, 0.15) is 22.4 Å². The van der Waals surface area contributed by atoms with Gasteiger partial charge in [-0.25, -0.2) is 9.97 Å². The van der Waals surface area contributed by atoms with E-state index in [-0.39, 0.29) is 0 Å². The molecule has 37 heavy (non-hydrogen) atoms. The molecule has 4 aromatic rings. The molecule has 0 fully saturated rings. The number of nitrogens with zero attached hydrogens (tertiary/aromatic N) is 4. The van der Waals surface area contributed by atoms with Crippen LogP contribution in [0, 0.1) is 0 Å². The van der Waals surface area contributed by atoms with E-state index in [1.54, 1.807) is 20.4 Å². The van der Waals surface area contributed by atoms with Gasteiger partial charge in [0.2, 0.25) is 0 Å². The number of ether oxygens (including phenoxy) is 2. The molecule has 0 N–H and O–H groups in total. The van der Waals surface area contributed by atoms with E-state index in [1.807, 2.05) is 30.5 Å². The van der Waals surface area contributed by atoms with Gasteiger partial charge in [0.1, 0.15) is 0 Å². The van der Waals surface area contributed by atoms with E-state index in [9.17, 15) is 13.2 Å². The van der Waals surface area contributed by atoms with Gasteiger partial charge in [0.15, 0.2) is 17.3 Å². The minimum absolute atomic E-state index is 0.441. The van der Waals surface area contributed by atoms with Gasteiger partial charge in [-0.2, -0.15) is 13.2 Å². The van der Waals surface area contributed by atoms with Crippen LogP contribution in [0.25, 0.3) is 22.6 Å². The van der Waals surface area contributed by atoms with Crippen LogP contribution in [-0.2, 0) is 25.7 Å².